The quantitative estimate of drug-likeness (QED) is 0.215. The van der Waals surface area contributed by atoms with Crippen molar-refractivity contribution in [3.8, 4) is 11.3 Å². The van der Waals surface area contributed by atoms with E-state index in [0.29, 0.717) is 11.4 Å². The molecular weight excluding hydrogens is 481 g/mol. The fourth-order valence-corrected chi connectivity index (χ4v) is 4.84. The number of furan rings is 1. The lowest BCUT2D eigenvalue weighted by atomic mass is 9.94. The molecule has 9 nitrogen and oxygen atoms in total. The molecule has 37 heavy (non-hydrogen) atoms. The van der Waals surface area contributed by atoms with Crippen molar-refractivity contribution in [2.75, 3.05) is 9.96 Å². The number of rotatable bonds is 5. The Balaban J connectivity index is 1.43. The number of nitrogens with zero attached hydrogens (tertiary/aromatic N) is 3. The molecule has 3 aromatic carbocycles. The Labute approximate surface area is 209 Å². The highest BCUT2D eigenvalue weighted by Gasteiger charge is 2.61. The summed E-state index contributed by atoms with van der Waals surface area (Å²) in [7, 11) is 0. The van der Waals surface area contributed by atoms with Crippen LogP contribution in [0.2, 0.25) is 0 Å². The Kier molecular flexibility index (Phi) is 5.31. The first kappa shape index (κ1) is 22.6. The molecule has 0 N–H and O–H groups in total. The zero-order valence-corrected chi connectivity index (χ0v) is 19.1. The second-order valence-electron chi connectivity index (χ2n) is 8.62. The Hall–Kier alpha value is -4.83. The smallest absolute Gasteiger partial charge is 0.280 e. The van der Waals surface area contributed by atoms with Crippen LogP contribution in [0.1, 0.15) is 11.8 Å². The molecular formula is C27H18FN3O6. The number of hydrogen-bond donors (Lipinski definition) is 0. The molecule has 2 aliphatic heterocycles. The van der Waals surface area contributed by atoms with Gasteiger partial charge >= 0.3 is 0 Å². The van der Waals surface area contributed by atoms with Gasteiger partial charge in [-0.1, -0.05) is 30.3 Å². The molecule has 0 radical (unpaired) electrons. The van der Waals surface area contributed by atoms with Crippen molar-refractivity contribution in [2.45, 2.75) is 12.1 Å². The lowest BCUT2D eigenvalue weighted by Gasteiger charge is -2.27. The molecule has 0 bridgehead atoms. The van der Waals surface area contributed by atoms with Gasteiger partial charge in [-0.25, -0.2) is 14.4 Å². The van der Waals surface area contributed by atoms with E-state index in [1.807, 2.05) is 6.07 Å². The van der Waals surface area contributed by atoms with Gasteiger partial charge in [0.1, 0.15) is 29.3 Å². The molecule has 184 valence electrons. The maximum absolute atomic E-state index is 13.6. The second-order valence-corrected chi connectivity index (χ2v) is 8.62. The van der Waals surface area contributed by atoms with Gasteiger partial charge in [0.2, 0.25) is 5.91 Å². The average Bonchev–Trinajstić information content (AvgIpc) is 3.60. The first-order valence-corrected chi connectivity index (χ1v) is 11.4. The summed E-state index contributed by atoms with van der Waals surface area (Å²) in [5.41, 5.74) is 0.986. The minimum Gasteiger partial charge on any atom is -0.458 e. The number of imide groups is 1. The van der Waals surface area contributed by atoms with Crippen LogP contribution in [0, 0.1) is 21.8 Å². The number of nitro groups is 1. The van der Waals surface area contributed by atoms with Crippen molar-refractivity contribution in [2.24, 2.45) is 5.92 Å². The van der Waals surface area contributed by atoms with Gasteiger partial charge < -0.3 is 4.42 Å². The topological polar surface area (TPSA) is 106 Å². The van der Waals surface area contributed by atoms with E-state index in [0.717, 1.165) is 4.90 Å². The Bertz CT molecular complexity index is 1520. The van der Waals surface area contributed by atoms with Crippen LogP contribution >= 0.6 is 0 Å². The number of hydroxylamine groups is 1. The molecule has 2 fully saturated rings. The molecule has 2 aliphatic rings. The number of fused-ring (bicyclic) bond motifs is 1. The zero-order chi connectivity index (χ0) is 25.7. The minimum atomic E-state index is -1.14. The molecule has 0 spiro atoms. The molecule has 10 heteroatoms. The average molecular weight is 499 g/mol. The van der Waals surface area contributed by atoms with Gasteiger partial charge in [0.05, 0.1) is 21.9 Å². The third kappa shape index (κ3) is 3.66. The van der Waals surface area contributed by atoms with Crippen LogP contribution in [0.25, 0.3) is 11.3 Å². The summed E-state index contributed by atoms with van der Waals surface area (Å²) >= 11 is 0. The fraction of sp³-hybridized carbons (Fsp3) is 0.111. The molecule has 6 rings (SSSR count). The molecule has 2 saturated heterocycles. The Morgan fingerprint density at radius 1 is 0.811 bits per heavy atom. The number of carbonyl (C=O) groups excluding carboxylic acids is 2. The third-order valence-electron chi connectivity index (χ3n) is 6.50. The van der Waals surface area contributed by atoms with Crippen LogP contribution in [0.5, 0.6) is 0 Å². The maximum Gasteiger partial charge on any atom is 0.280 e. The van der Waals surface area contributed by atoms with Crippen LogP contribution in [0.4, 0.5) is 21.5 Å². The monoisotopic (exact) mass is 499 g/mol. The van der Waals surface area contributed by atoms with E-state index in [-0.39, 0.29) is 22.7 Å². The van der Waals surface area contributed by atoms with Gasteiger partial charge in [0.15, 0.2) is 6.10 Å². The first-order valence-electron chi connectivity index (χ1n) is 11.4. The van der Waals surface area contributed by atoms with Gasteiger partial charge in [-0.3, -0.25) is 24.5 Å². The number of nitro benzene ring substituents is 1. The number of halogens is 1. The fourth-order valence-electron chi connectivity index (χ4n) is 4.84. The SMILES string of the molecule is O=C1[C@H]2[C@@H](c3ccc(-c4ccccc4[N+](=O)[O-])o3)N(c3ccccc3)O[C@H]2C(=O)N1c1ccc(F)cc1. The van der Waals surface area contributed by atoms with Crippen LogP contribution < -0.4 is 9.96 Å². The number of hydrogen-bond acceptors (Lipinski definition) is 7. The van der Waals surface area contributed by atoms with E-state index in [9.17, 15) is 24.1 Å². The van der Waals surface area contributed by atoms with E-state index >= 15 is 0 Å². The normalized spacial score (nSPS) is 20.9. The summed E-state index contributed by atoms with van der Waals surface area (Å²) in [5, 5.41) is 13.0. The summed E-state index contributed by atoms with van der Waals surface area (Å²) in [4.78, 5) is 45.1. The van der Waals surface area contributed by atoms with E-state index in [2.05, 4.69) is 0 Å². The van der Waals surface area contributed by atoms with Crippen molar-refractivity contribution >= 4 is 28.9 Å². The summed E-state index contributed by atoms with van der Waals surface area (Å²) in [6.07, 6.45) is -1.14. The number of amides is 2. The van der Waals surface area contributed by atoms with E-state index in [4.69, 9.17) is 9.25 Å². The van der Waals surface area contributed by atoms with E-state index in [1.54, 1.807) is 54.6 Å². The maximum atomic E-state index is 13.6. The highest BCUT2D eigenvalue weighted by atomic mass is 19.1. The Morgan fingerprint density at radius 3 is 2.24 bits per heavy atom. The van der Waals surface area contributed by atoms with Gasteiger partial charge in [-0.2, -0.15) is 0 Å². The molecule has 3 heterocycles. The number of benzene rings is 3. The minimum absolute atomic E-state index is 0.126. The van der Waals surface area contributed by atoms with Crippen LogP contribution in [-0.4, -0.2) is 22.8 Å². The number of para-hydroxylation sites is 2. The van der Waals surface area contributed by atoms with Crippen molar-refractivity contribution in [1.29, 1.82) is 0 Å². The number of carbonyl (C=O) groups is 2. The molecule has 4 aromatic rings. The summed E-state index contributed by atoms with van der Waals surface area (Å²) in [6.45, 7) is 0. The molecule has 0 saturated carbocycles. The van der Waals surface area contributed by atoms with Crippen LogP contribution in [0.3, 0.4) is 0 Å². The zero-order valence-electron chi connectivity index (χ0n) is 19.1. The standard InChI is InChI=1S/C27H18FN3O6/c28-16-10-12-17(13-11-16)29-26(32)23-24(30(37-25(23)27(29)33)18-6-2-1-3-7-18)22-15-14-21(36-22)19-8-4-5-9-20(19)31(34)35/h1-15,23-25H/t23-,24+,25+/m0/s1. The Morgan fingerprint density at radius 2 is 1.51 bits per heavy atom. The molecule has 0 unspecified atom stereocenters. The molecule has 1 aromatic heterocycles. The van der Waals surface area contributed by atoms with Crippen molar-refractivity contribution in [1.82, 2.24) is 0 Å². The van der Waals surface area contributed by atoms with Gasteiger partial charge in [0, 0.05) is 6.07 Å². The van der Waals surface area contributed by atoms with Crippen molar-refractivity contribution in [3.05, 3.63) is 113 Å². The largest absolute Gasteiger partial charge is 0.458 e. The van der Waals surface area contributed by atoms with Crippen molar-refractivity contribution < 1.29 is 28.2 Å². The third-order valence-corrected chi connectivity index (χ3v) is 6.50. The van der Waals surface area contributed by atoms with E-state index < -0.39 is 40.6 Å². The predicted octanol–water partition coefficient (Wildman–Crippen LogP) is 5.05. The molecule has 2 amide bonds. The van der Waals surface area contributed by atoms with Gasteiger partial charge in [-0.15, -0.1) is 0 Å². The predicted molar refractivity (Wildman–Crippen MR) is 130 cm³/mol. The first-order chi connectivity index (χ1) is 17.9. The molecule has 3 atom stereocenters. The van der Waals surface area contributed by atoms with Crippen LogP contribution in [0.15, 0.2) is 95.4 Å². The van der Waals surface area contributed by atoms with Crippen LogP contribution in [-0.2, 0) is 14.4 Å². The molecule has 0 aliphatic carbocycles. The summed E-state index contributed by atoms with van der Waals surface area (Å²) < 4.78 is 19.6. The van der Waals surface area contributed by atoms with Gasteiger partial charge in [-0.05, 0) is 54.6 Å². The lowest BCUT2D eigenvalue weighted by molar-refractivity contribution is -0.384. The summed E-state index contributed by atoms with van der Waals surface area (Å²) in [6, 6.07) is 22.5. The highest BCUT2D eigenvalue weighted by Crippen LogP contribution is 2.48. The van der Waals surface area contributed by atoms with E-state index in [1.165, 1.54) is 35.4 Å². The summed E-state index contributed by atoms with van der Waals surface area (Å²) in [5.74, 6) is -2.02. The van der Waals surface area contributed by atoms with Gasteiger partial charge in [0.25, 0.3) is 11.6 Å². The second kappa shape index (κ2) is 8.68. The lowest BCUT2D eigenvalue weighted by Crippen LogP contribution is -2.37. The number of anilines is 2. The highest BCUT2D eigenvalue weighted by molar-refractivity contribution is 6.23. The van der Waals surface area contributed by atoms with Crippen molar-refractivity contribution in [3.63, 3.8) is 0 Å².